The second-order valence-electron chi connectivity index (χ2n) is 6.33. The van der Waals surface area contributed by atoms with Gasteiger partial charge in [0.1, 0.15) is 11.5 Å². The van der Waals surface area contributed by atoms with Crippen molar-refractivity contribution in [1.29, 1.82) is 0 Å². The molecular formula is C18H16ClF5N2O2. The SMILES string of the molecule is Cl.NC1(C(=O)NCc2ccc(Oc3ccc(F)c(F)c3)cc2C(F)(F)F)CC1. The van der Waals surface area contributed by atoms with Crippen LogP contribution in [-0.2, 0) is 17.5 Å². The van der Waals surface area contributed by atoms with Crippen molar-refractivity contribution in [3.8, 4) is 11.5 Å². The Morgan fingerprint density at radius 2 is 1.68 bits per heavy atom. The first-order valence-electron chi connectivity index (χ1n) is 7.99. The number of ether oxygens (including phenoxy) is 1. The van der Waals surface area contributed by atoms with E-state index in [1.165, 1.54) is 6.07 Å². The van der Waals surface area contributed by atoms with Crippen LogP contribution in [0.4, 0.5) is 22.0 Å². The quantitative estimate of drug-likeness (QED) is 0.706. The Morgan fingerprint density at radius 1 is 1.07 bits per heavy atom. The molecule has 0 atom stereocenters. The molecule has 152 valence electrons. The standard InChI is InChI=1S/C18H15F5N2O2.ClH/c19-14-4-3-12(8-15(14)20)27-11-2-1-10(13(7-11)18(21,22)23)9-25-16(26)17(24)5-6-17;/h1-4,7-8H,5-6,9,24H2,(H,25,26);1H. The molecule has 10 heteroatoms. The maximum atomic E-state index is 13.4. The van der Waals surface area contributed by atoms with Crippen LogP contribution in [0.25, 0.3) is 0 Å². The fraction of sp³-hybridized carbons (Fsp3) is 0.278. The topological polar surface area (TPSA) is 64.4 Å². The zero-order valence-corrected chi connectivity index (χ0v) is 15.1. The van der Waals surface area contributed by atoms with E-state index in [4.69, 9.17) is 10.5 Å². The second-order valence-corrected chi connectivity index (χ2v) is 6.33. The Labute approximate surface area is 163 Å². The summed E-state index contributed by atoms with van der Waals surface area (Å²) >= 11 is 0. The molecule has 0 radical (unpaired) electrons. The Hall–Kier alpha value is -2.39. The van der Waals surface area contributed by atoms with E-state index in [0.717, 1.165) is 30.3 Å². The molecule has 0 saturated heterocycles. The van der Waals surface area contributed by atoms with Gasteiger partial charge in [0, 0.05) is 12.6 Å². The Morgan fingerprint density at radius 3 is 2.25 bits per heavy atom. The number of carbonyl (C=O) groups is 1. The van der Waals surface area contributed by atoms with Crippen LogP contribution >= 0.6 is 12.4 Å². The van der Waals surface area contributed by atoms with Crippen LogP contribution in [0, 0.1) is 11.6 Å². The van der Waals surface area contributed by atoms with Crippen molar-refractivity contribution in [2.75, 3.05) is 0 Å². The van der Waals surface area contributed by atoms with Gasteiger partial charge in [0.2, 0.25) is 5.91 Å². The van der Waals surface area contributed by atoms with Crippen molar-refractivity contribution in [2.24, 2.45) is 5.73 Å². The van der Waals surface area contributed by atoms with Crippen LogP contribution in [0.15, 0.2) is 36.4 Å². The minimum Gasteiger partial charge on any atom is -0.457 e. The normalized spacial score (nSPS) is 14.8. The van der Waals surface area contributed by atoms with Crippen LogP contribution < -0.4 is 15.8 Å². The van der Waals surface area contributed by atoms with Gasteiger partial charge in [-0.3, -0.25) is 4.79 Å². The minimum atomic E-state index is -4.70. The predicted molar refractivity (Wildman–Crippen MR) is 93.1 cm³/mol. The van der Waals surface area contributed by atoms with E-state index in [2.05, 4.69) is 5.32 Å². The summed E-state index contributed by atoms with van der Waals surface area (Å²) in [5.74, 6) is -3.14. The van der Waals surface area contributed by atoms with Gasteiger partial charge < -0.3 is 15.8 Å². The molecule has 0 spiro atoms. The van der Waals surface area contributed by atoms with E-state index < -0.39 is 34.8 Å². The molecule has 0 unspecified atom stereocenters. The third-order valence-electron chi connectivity index (χ3n) is 4.19. The van der Waals surface area contributed by atoms with E-state index in [1.807, 2.05) is 0 Å². The third-order valence-corrected chi connectivity index (χ3v) is 4.19. The summed E-state index contributed by atoms with van der Waals surface area (Å²) < 4.78 is 71.4. The fourth-order valence-electron chi connectivity index (χ4n) is 2.43. The molecule has 1 fully saturated rings. The molecule has 0 aliphatic heterocycles. The average Bonchev–Trinajstić information content (AvgIpc) is 3.35. The summed E-state index contributed by atoms with van der Waals surface area (Å²) in [6, 6.07) is 5.75. The zero-order valence-electron chi connectivity index (χ0n) is 14.3. The van der Waals surface area contributed by atoms with Crippen molar-refractivity contribution in [2.45, 2.75) is 31.1 Å². The van der Waals surface area contributed by atoms with Crippen molar-refractivity contribution in [3.05, 3.63) is 59.2 Å². The smallest absolute Gasteiger partial charge is 0.416 e. The number of nitrogens with two attached hydrogens (primary N) is 1. The van der Waals surface area contributed by atoms with Crippen molar-refractivity contribution >= 4 is 18.3 Å². The van der Waals surface area contributed by atoms with Crippen LogP contribution in [-0.4, -0.2) is 11.4 Å². The summed E-state index contributed by atoms with van der Waals surface area (Å²) in [6.45, 7) is -0.349. The highest BCUT2D eigenvalue weighted by molar-refractivity contribution is 5.88. The van der Waals surface area contributed by atoms with Crippen molar-refractivity contribution < 1.29 is 31.5 Å². The van der Waals surface area contributed by atoms with Gasteiger partial charge in [-0.15, -0.1) is 12.4 Å². The number of nitrogens with one attached hydrogen (secondary N) is 1. The second kappa shape index (κ2) is 7.92. The van der Waals surface area contributed by atoms with Crippen LogP contribution in [0.2, 0.25) is 0 Å². The molecule has 1 aliphatic rings. The summed E-state index contributed by atoms with van der Waals surface area (Å²) in [5.41, 5.74) is 3.53. The third kappa shape index (κ3) is 4.90. The van der Waals surface area contributed by atoms with Gasteiger partial charge in [-0.25, -0.2) is 8.78 Å². The highest BCUT2D eigenvalue weighted by Crippen LogP contribution is 2.36. The molecule has 0 heterocycles. The number of hydrogen-bond acceptors (Lipinski definition) is 3. The lowest BCUT2D eigenvalue weighted by Crippen LogP contribution is -2.42. The predicted octanol–water partition coefficient (Wildman–Crippen LogP) is 4.31. The molecule has 2 aromatic carbocycles. The number of halogens is 6. The largest absolute Gasteiger partial charge is 0.457 e. The van der Waals surface area contributed by atoms with Crippen molar-refractivity contribution in [3.63, 3.8) is 0 Å². The van der Waals surface area contributed by atoms with Crippen molar-refractivity contribution in [1.82, 2.24) is 5.32 Å². The average molecular weight is 423 g/mol. The lowest BCUT2D eigenvalue weighted by atomic mass is 10.1. The molecule has 1 amide bonds. The number of alkyl halides is 3. The lowest BCUT2D eigenvalue weighted by Gasteiger charge is -2.16. The summed E-state index contributed by atoms with van der Waals surface area (Å²) in [5, 5.41) is 2.40. The van der Waals surface area contributed by atoms with Crippen LogP contribution in [0.5, 0.6) is 11.5 Å². The monoisotopic (exact) mass is 422 g/mol. The van der Waals surface area contributed by atoms with E-state index in [0.29, 0.717) is 12.8 Å². The summed E-state index contributed by atoms with van der Waals surface area (Å²) in [4.78, 5) is 11.8. The molecule has 1 saturated carbocycles. The number of amides is 1. The Kier molecular flexibility index (Phi) is 6.20. The Balaban J connectivity index is 0.00000280. The zero-order chi connectivity index (χ0) is 19.8. The molecule has 3 N–H and O–H groups in total. The first-order chi connectivity index (χ1) is 12.6. The molecule has 1 aliphatic carbocycles. The highest BCUT2D eigenvalue weighted by Gasteiger charge is 2.46. The number of hydrogen-bond donors (Lipinski definition) is 2. The van der Waals surface area contributed by atoms with Gasteiger partial charge in [-0.1, -0.05) is 6.07 Å². The van der Waals surface area contributed by atoms with E-state index in [1.54, 1.807) is 0 Å². The molecule has 28 heavy (non-hydrogen) atoms. The number of rotatable bonds is 5. The van der Waals surface area contributed by atoms with Crippen LogP contribution in [0.1, 0.15) is 24.0 Å². The fourth-order valence-corrected chi connectivity index (χ4v) is 2.43. The molecule has 0 aromatic heterocycles. The van der Waals surface area contributed by atoms with Gasteiger partial charge >= 0.3 is 6.18 Å². The van der Waals surface area contributed by atoms with Gasteiger partial charge in [-0.05, 0) is 42.7 Å². The molecule has 4 nitrogen and oxygen atoms in total. The van der Waals surface area contributed by atoms with Gasteiger partial charge in [0.25, 0.3) is 0 Å². The molecule has 3 rings (SSSR count). The Bertz CT molecular complexity index is 885. The van der Waals surface area contributed by atoms with Gasteiger partial charge in [0.15, 0.2) is 11.6 Å². The lowest BCUT2D eigenvalue weighted by molar-refractivity contribution is -0.138. The first kappa shape index (κ1) is 21.9. The van der Waals surface area contributed by atoms with Crippen LogP contribution in [0.3, 0.4) is 0 Å². The van der Waals surface area contributed by atoms with E-state index in [-0.39, 0.29) is 36.0 Å². The minimum absolute atomic E-state index is 0. The van der Waals surface area contributed by atoms with Gasteiger partial charge in [0.05, 0.1) is 11.1 Å². The maximum absolute atomic E-state index is 13.4. The van der Waals surface area contributed by atoms with E-state index in [9.17, 15) is 26.7 Å². The van der Waals surface area contributed by atoms with Gasteiger partial charge in [-0.2, -0.15) is 13.2 Å². The number of benzene rings is 2. The maximum Gasteiger partial charge on any atom is 0.416 e. The molecular weight excluding hydrogens is 407 g/mol. The summed E-state index contributed by atoms with van der Waals surface area (Å²) in [6.07, 6.45) is -3.72. The van der Waals surface area contributed by atoms with E-state index >= 15 is 0 Å². The highest BCUT2D eigenvalue weighted by atomic mass is 35.5. The molecule has 0 bridgehead atoms. The summed E-state index contributed by atoms with van der Waals surface area (Å²) in [7, 11) is 0. The first-order valence-corrected chi connectivity index (χ1v) is 7.99. The molecule has 2 aromatic rings. The number of carbonyl (C=O) groups excluding carboxylic acids is 1.